The molecule has 0 aliphatic heterocycles. The molecular formula is C21H19ClN4O4S. The monoisotopic (exact) mass is 458 g/mol. The highest BCUT2D eigenvalue weighted by molar-refractivity contribution is 7.99. The van der Waals surface area contributed by atoms with Crippen LogP contribution in [0.1, 0.15) is 16.6 Å². The summed E-state index contributed by atoms with van der Waals surface area (Å²) in [4.78, 5) is 11.0. The number of methoxy groups -OCH3 is 1. The summed E-state index contributed by atoms with van der Waals surface area (Å²) in [7, 11) is 1.59. The van der Waals surface area contributed by atoms with Gasteiger partial charge in [-0.15, -0.1) is 16.6 Å². The summed E-state index contributed by atoms with van der Waals surface area (Å²) >= 11 is 7.53. The van der Waals surface area contributed by atoms with Crippen LogP contribution in [-0.2, 0) is 0 Å². The first-order valence-corrected chi connectivity index (χ1v) is 10.4. The van der Waals surface area contributed by atoms with Gasteiger partial charge in [-0.2, -0.15) is 0 Å². The maximum atomic E-state index is 11.4. The predicted octanol–water partition coefficient (Wildman–Crippen LogP) is 4.36. The smallest absolute Gasteiger partial charge is 0.220 e. The van der Waals surface area contributed by atoms with Gasteiger partial charge in [0.05, 0.1) is 12.1 Å². The fraction of sp³-hybridized carbons (Fsp3) is 0.238. The lowest BCUT2D eigenvalue weighted by Gasteiger charge is -2.15. The summed E-state index contributed by atoms with van der Waals surface area (Å²) in [5, 5.41) is 20.0. The topological polar surface area (TPSA) is 92.3 Å². The van der Waals surface area contributed by atoms with Crippen LogP contribution in [0.4, 0.5) is 0 Å². The van der Waals surface area contributed by atoms with Crippen molar-refractivity contribution >= 4 is 23.4 Å². The molecule has 1 atom stereocenters. The second kappa shape index (κ2) is 10.2. The first-order chi connectivity index (χ1) is 14.9. The van der Waals surface area contributed by atoms with Crippen LogP contribution in [0.5, 0.6) is 11.5 Å². The van der Waals surface area contributed by atoms with Crippen molar-refractivity contribution in [3.63, 3.8) is 0 Å². The lowest BCUT2D eigenvalue weighted by atomic mass is 10.1. The van der Waals surface area contributed by atoms with Crippen molar-refractivity contribution in [3.05, 3.63) is 69.0 Å². The maximum absolute atomic E-state index is 11.4. The van der Waals surface area contributed by atoms with Gasteiger partial charge in [0, 0.05) is 10.6 Å². The van der Waals surface area contributed by atoms with Gasteiger partial charge in [-0.25, -0.2) is 0 Å². The molecule has 160 valence electrons. The summed E-state index contributed by atoms with van der Waals surface area (Å²) in [5.41, 5.74) is 1.49. The Morgan fingerprint density at radius 2 is 2.03 bits per heavy atom. The third kappa shape index (κ3) is 5.48. The van der Waals surface area contributed by atoms with Crippen LogP contribution in [0.15, 0.2) is 47.6 Å². The van der Waals surface area contributed by atoms with Crippen LogP contribution >= 0.6 is 23.4 Å². The molecule has 1 aromatic heterocycles. The van der Waals surface area contributed by atoms with Gasteiger partial charge in [0.2, 0.25) is 6.54 Å². The number of nitrogens with zero attached hydrogens (tertiary/aromatic N) is 4. The van der Waals surface area contributed by atoms with Crippen molar-refractivity contribution in [2.75, 3.05) is 20.3 Å². The molecule has 31 heavy (non-hydrogen) atoms. The lowest BCUT2D eigenvalue weighted by molar-refractivity contribution is -0.479. The normalized spacial score (nSPS) is 11.5. The molecule has 2 aromatic carbocycles. The van der Waals surface area contributed by atoms with E-state index in [9.17, 15) is 10.1 Å². The van der Waals surface area contributed by atoms with Gasteiger partial charge in [0.25, 0.3) is 0 Å². The van der Waals surface area contributed by atoms with E-state index in [0.717, 1.165) is 11.4 Å². The summed E-state index contributed by atoms with van der Waals surface area (Å²) in [6.45, 7) is 1.58. The van der Waals surface area contributed by atoms with Gasteiger partial charge >= 0.3 is 0 Å². The SMILES string of the molecule is C#CCOc1ccc([C@@H](C[N+](=O)[O-])Sc2nnc(C)n2-c2ccc(OC)cc2)cc1Cl. The third-order valence-electron chi connectivity index (χ3n) is 4.33. The maximum Gasteiger partial charge on any atom is 0.220 e. The number of benzene rings is 2. The van der Waals surface area contributed by atoms with E-state index in [4.69, 9.17) is 27.5 Å². The minimum Gasteiger partial charge on any atom is -0.497 e. The standard InChI is InChI=1S/C21H19ClN4O4S/c1-4-11-30-19-10-5-15(12-18(19)22)20(13-25(27)28)31-21-24-23-14(2)26(21)16-6-8-17(29-3)9-7-16/h1,5-10,12,20H,11,13H2,2-3H3/t20-/m1/s1. The minimum absolute atomic E-state index is 0.0797. The summed E-state index contributed by atoms with van der Waals surface area (Å²) in [5.74, 6) is 4.17. The van der Waals surface area contributed by atoms with Crippen molar-refractivity contribution < 1.29 is 14.4 Å². The third-order valence-corrected chi connectivity index (χ3v) is 5.80. The van der Waals surface area contributed by atoms with Crippen molar-refractivity contribution in [1.29, 1.82) is 0 Å². The first-order valence-electron chi connectivity index (χ1n) is 9.13. The van der Waals surface area contributed by atoms with E-state index in [-0.39, 0.29) is 18.1 Å². The fourth-order valence-electron chi connectivity index (χ4n) is 2.88. The highest BCUT2D eigenvalue weighted by atomic mass is 35.5. The zero-order valence-electron chi connectivity index (χ0n) is 16.8. The molecule has 0 aliphatic carbocycles. The van der Waals surface area contributed by atoms with Gasteiger partial charge in [0.15, 0.2) is 5.16 Å². The number of hydrogen-bond donors (Lipinski definition) is 0. The zero-order valence-corrected chi connectivity index (χ0v) is 18.4. The molecule has 1 heterocycles. The molecule has 0 unspecified atom stereocenters. The van der Waals surface area contributed by atoms with Crippen LogP contribution in [-0.4, -0.2) is 39.9 Å². The van der Waals surface area contributed by atoms with E-state index in [1.165, 1.54) is 11.8 Å². The van der Waals surface area contributed by atoms with Gasteiger partial charge in [0.1, 0.15) is 29.2 Å². The number of halogens is 1. The number of aromatic nitrogens is 3. The van der Waals surface area contributed by atoms with Crippen LogP contribution in [0.25, 0.3) is 5.69 Å². The predicted molar refractivity (Wildman–Crippen MR) is 119 cm³/mol. The molecule has 0 radical (unpaired) electrons. The van der Waals surface area contributed by atoms with Crippen LogP contribution in [0.3, 0.4) is 0 Å². The number of hydrogen-bond acceptors (Lipinski definition) is 7. The number of aryl methyl sites for hydroxylation is 1. The Hall–Kier alpha value is -3.22. The molecule has 0 amide bonds. The second-order valence-electron chi connectivity index (χ2n) is 6.37. The van der Waals surface area contributed by atoms with E-state index in [2.05, 4.69) is 16.1 Å². The summed E-state index contributed by atoms with van der Waals surface area (Å²) < 4.78 is 12.4. The highest BCUT2D eigenvalue weighted by Crippen LogP contribution is 2.38. The van der Waals surface area contributed by atoms with Gasteiger partial charge < -0.3 is 9.47 Å². The molecule has 10 heteroatoms. The Kier molecular flexibility index (Phi) is 7.39. The van der Waals surface area contributed by atoms with E-state index < -0.39 is 5.25 Å². The molecule has 0 fully saturated rings. The molecule has 0 aliphatic rings. The van der Waals surface area contributed by atoms with E-state index in [0.29, 0.717) is 27.3 Å². The van der Waals surface area contributed by atoms with Crippen LogP contribution < -0.4 is 9.47 Å². The molecule has 3 aromatic rings. The zero-order chi connectivity index (χ0) is 22.4. The minimum atomic E-state index is -0.546. The Bertz CT molecular complexity index is 1110. The molecular weight excluding hydrogens is 440 g/mol. The molecule has 0 bridgehead atoms. The molecule has 0 saturated heterocycles. The van der Waals surface area contributed by atoms with E-state index >= 15 is 0 Å². The van der Waals surface area contributed by atoms with Gasteiger partial charge in [-0.3, -0.25) is 14.7 Å². The highest BCUT2D eigenvalue weighted by Gasteiger charge is 2.24. The van der Waals surface area contributed by atoms with E-state index in [1.807, 2.05) is 35.8 Å². The second-order valence-corrected chi connectivity index (χ2v) is 7.94. The van der Waals surface area contributed by atoms with Crippen molar-refractivity contribution in [2.45, 2.75) is 17.3 Å². The average Bonchev–Trinajstić information content (AvgIpc) is 3.12. The molecule has 0 N–H and O–H groups in total. The summed E-state index contributed by atoms with van der Waals surface area (Å²) in [6, 6.07) is 12.4. The molecule has 0 spiro atoms. The number of terminal acetylenes is 1. The average molecular weight is 459 g/mol. The Morgan fingerprint density at radius 1 is 1.29 bits per heavy atom. The quantitative estimate of drug-likeness (QED) is 0.203. The van der Waals surface area contributed by atoms with Crippen LogP contribution in [0.2, 0.25) is 5.02 Å². The number of rotatable bonds is 9. The van der Waals surface area contributed by atoms with Gasteiger partial charge in [-0.05, 0) is 48.9 Å². The number of thioether (sulfide) groups is 1. The van der Waals surface area contributed by atoms with Crippen molar-refractivity contribution in [3.8, 4) is 29.5 Å². The first kappa shape index (κ1) is 22.5. The number of nitro groups is 1. The number of ether oxygens (including phenoxy) is 2. The fourth-order valence-corrected chi connectivity index (χ4v) is 4.28. The van der Waals surface area contributed by atoms with E-state index in [1.54, 1.807) is 25.3 Å². The van der Waals surface area contributed by atoms with Crippen molar-refractivity contribution in [2.24, 2.45) is 0 Å². The molecule has 3 rings (SSSR count). The molecule has 8 nitrogen and oxygen atoms in total. The largest absolute Gasteiger partial charge is 0.497 e. The molecule has 0 saturated carbocycles. The Balaban J connectivity index is 1.93. The van der Waals surface area contributed by atoms with Crippen molar-refractivity contribution in [1.82, 2.24) is 14.8 Å². The lowest BCUT2D eigenvalue weighted by Crippen LogP contribution is -2.11. The van der Waals surface area contributed by atoms with Gasteiger partial charge in [-0.1, -0.05) is 35.3 Å². The Morgan fingerprint density at radius 3 is 2.65 bits per heavy atom. The van der Waals surface area contributed by atoms with Crippen LogP contribution in [0, 0.1) is 29.4 Å². The summed E-state index contributed by atoms with van der Waals surface area (Å²) in [6.07, 6.45) is 5.21. The Labute approximate surface area is 188 Å².